The number of hydrogen-bond donors (Lipinski definition) is 2. The van der Waals surface area contributed by atoms with Crippen molar-refractivity contribution in [3.63, 3.8) is 0 Å². The fourth-order valence-corrected chi connectivity index (χ4v) is 3.97. The number of carbonyl (C=O) groups is 1. The number of carbonyl (C=O) groups excluding carboxylic acids is 1. The molecule has 2 saturated heterocycles. The molecule has 160 valence electrons. The van der Waals surface area contributed by atoms with Crippen LogP contribution >= 0.6 is 36.4 Å². The molecule has 2 atom stereocenters. The Morgan fingerprint density at radius 2 is 1.93 bits per heavy atom. The lowest BCUT2D eigenvalue weighted by molar-refractivity contribution is -0.137. The highest BCUT2D eigenvalue weighted by Gasteiger charge is 2.36. The Morgan fingerprint density at radius 3 is 2.46 bits per heavy atom. The summed E-state index contributed by atoms with van der Waals surface area (Å²) in [4.78, 5) is 17.9. The molecule has 1 aromatic heterocycles. The summed E-state index contributed by atoms with van der Waals surface area (Å²) in [7, 11) is 1.82. The molecule has 2 N–H and O–H groups in total. The standard InChI is InChI=1S/C17H22ClF3N4O.2ClH/c1-25(13-7-11-2-3-12(8-13)24-11)15(26)4-5-22-16-14(18)6-10(9-23-16)17(19,20)21;;/h6,9,11-13,24H,2-5,7-8H2,1H3,(H,22,23);2*1H. The van der Waals surface area contributed by atoms with Crippen molar-refractivity contribution in [3.8, 4) is 0 Å². The van der Waals surface area contributed by atoms with Crippen LogP contribution in [0.15, 0.2) is 12.3 Å². The third-order valence-electron chi connectivity index (χ3n) is 5.19. The summed E-state index contributed by atoms with van der Waals surface area (Å²) in [6.07, 6.45) is 0.756. The maximum Gasteiger partial charge on any atom is 0.417 e. The zero-order chi connectivity index (χ0) is 18.9. The van der Waals surface area contributed by atoms with E-state index in [-0.39, 0.29) is 60.6 Å². The zero-order valence-electron chi connectivity index (χ0n) is 15.3. The van der Waals surface area contributed by atoms with E-state index >= 15 is 0 Å². The highest BCUT2D eigenvalue weighted by Crippen LogP contribution is 2.32. The van der Waals surface area contributed by atoms with Crippen molar-refractivity contribution in [1.82, 2.24) is 15.2 Å². The molecule has 3 heterocycles. The third-order valence-corrected chi connectivity index (χ3v) is 5.48. The Hall–Kier alpha value is -0.960. The first-order chi connectivity index (χ1) is 12.2. The first-order valence-corrected chi connectivity index (χ1v) is 9.10. The molecule has 0 aromatic carbocycles. The Kier molecular flexibility index (Phi) is 9.12. The molecule has 2 bridgehead atoms. The van der Waals surface area contributed by atoms with E-state index in [1.165, 1.54) is 12.8 Å². The van der Waals surface area contributed by atoms with Gasteiger partial charge in [0.25, 0.3) is 0 Å². The van der Waals surface area contributed by atoms with E-state index in [9.17, 15) is 18.0 Å². The number of anilines is 1. The Morgan fingerprint density at radius 1 is 1.32 bits per heavy atom. The van der Waals surface area contributed by atoms with Crippen LogP contribution in [0.4, 0.5) is 19.0 Å². The summed E-state index contributed by atoms with van der Waals surface area (Å²) >= 11 is 5.85. The van der Waals surface area contributed by atoms with Crippen molar-refractivity contribution >= 4 is 48.1 Å². The predicted octanol–water partition coefficient (Wildman–Crippen LogP) is 4.14. The maximum atomic E-state index is 12.6. The summed E-state index contributed by atoms with van der Waals surface area (Å²) < 4.78 is 37.8. The van der Waals surface area contributed by atoms with Crippen LogP contribution in [0.2, 0.25) is 5.02 Å². The third kappa shape index (κ3) is 6.02. The molecule has 2 aliphatic rings. The number of aromatic nitrogens is 1. The quantitative estimate of drug-likeness (QED) is 0.689. The van der Waals surface area contributed by atoms with Gasteiger partial charge >= 0.3 is 6.18 Å². The average molecular weight is 464 g/mol. The molecule has 2 fully saturated rings. The van der Waals surface area contributed by atoms with E-state index < -0.39 is 11.7 Å². The summed E-state index contributed by atoms with van der Waals surface area (Å²) in [5.41, 5.74) is -0.899. The number of hydrogen-bond acceptors (Lipinski definition) is 4. The van der Waals surface area contributed by atoms with Crippen LogP contribution in [0.1, 0.15) is 37.7 Å². The number of rotatable bonds is 5. The molecule has 0 radical (unpaired) electrons. The van der Waals surface area contributed by atoms with Crippen LogP contribution in [-0.2, 0) is 11.0 Å². The van der Waals surface area contributed by atoms with Crippen molar-refractivity contribution < 1.29 is 18.0 Å². The second kappa shape index (κ2) is 10.2. The minimum Gasteiger partial charge on any atom is -0.368 e. The van der Waals surface area contributed by atoms with E-state index in [1.54, 1.807) is 4.90 Å². The second-order valence-corrected chi connectivity index (χ2v) is 7.40. The van der Waals surface area contributed by atoms with Gasteiger partial charge in [-0.05, 0) is 31.7 Å². The number of piperidine rings is 1. The van der Waals surface area contributed by atoms with E-state index in [0.29, 0.717) is 12.1 Å². The number of alkyl halides is 3. The molecule has 0 saturated carbocycles. The molecule has 11 heteroatoms. The number of nitrogens with one attached hydrogen (secondary N) is 2. The van der Waals surface area contributed by atoms with E-state index in [1.807, 2.05) is 7.05 Å². The summed E-state index contributed by atoms with van der Waals surface area (Å²) in [5.74, 6) is 0.155. The highest BCUT2D eigenvalue weighted by molar-refractivity contribution is 6.32. The van der Waals surface area contributed by atoms with Gasteiger partial charge in [-0.25, -0.2) is 4.98 Å². The first kappa shape index (κ1) is 25.1. The van der Waals surface area contributed by atoms with Crippen molar-refractivity contribution in [3.05, 3.63) is 22.8 Å². The average Bonchev–Trinajstić information content (AvgIpc) is 2.92. The van der Waals surface area contributed by atoms with Gasteiger partial charge in [-0.15, -0.1) is 24.8 Å². The fourth-order valence-electron chi connectivity index (χ4n) is 3.73. The Bertz CT molecular complexity index is 666. The predicted molar refractivity (Wildman–Crippen MR) is 108 cm³/mol. The van der Waals surface area contributed by atoms with Crippen LogP contribution in [0.5, 0.6) is 0 Å². The number of amides is 1. The monoisotopic (exact) mass is 462 g/mol. The summed E-state index contributed by atoms with van der Waals surface area (Å²) in [6, 6.07) is 2.08. The van der Waals surface area contributed by atoms with Crippen LogP contribution in [0.3, 0.4) is 0 Å². The number of pyridine rings is 1. The molecule has 0 aliphatic carbocycles. The van der Waals surface area contributed by atoms with Crippen LogP contribution in [0, 0.1) is 0 Å². The number of fused-ring (bicyclic) bond motifs is 2. The topological polar surface area (TPSA) is 57.3 Å². The van der Waals surface area contributed by atoms with Crippen LogP contribution < -0.4 is 10.6 Å². The number of nitrogens with zero attached hydrogens (tertiary/aromatic N) is 2. The lowest BCUT2D eigenvalue weighted by atomic mass is 9.98. The highest BCUT2D eigenvalue weighted by atomic mass is 35.5. The molecule has 3 rings (SSSR count). The van der Waals surface area contributed by atoms with Gasteiger partial charge < -0.3 is 15.5 Å². The zero-order valence-corrected chi connectivity index (χ0v) is 17.6. The molecule has 0 spiro atoms. The van der Waals surface area contributed by atoms with Gasteiger partial charge in [0.15, 0.2) is 0 Å². The normalized spacial score (nSPS) is 23.4. The molecule has 1 aromatic rings. The van der Waals surface area contributed by atoms with Gasteiger partial charge in [0.05, 0.1) is 10.6 Å². The smallest absolute Gasteiger partial charge is 0.368 e. The molecule has 28 heavy (non-hydrogen) atoms. The molecule has 2 unspecified atom stereocenters. The van der Waals surface area contributed by atoms with Crippen molar-refractivity contribution in [1.29, 1.82) is 0 Å². The number of halogens is 6. The maximum absolute atomic E-state index is 12.6. The van der Waals surface area contributed by atoms with Gasteiger partial charge in [-0.1, -0.05) is 11.6 Å². The minimum atomic E-state index is -4.48. The van der Waals surface area contributed by atoms with Crippen molar-refractivity contribution in [2.75, 3.05) is 18.9 Å². The molecular weight excluding hydrogens is 440 g/mol. The second-order valence-electron chi connectivity index (χ2n) is 7.00. The van der Waals surface area contributed by atoms with E-state index in [4.69, 9.17) is 11.6 Å². The van der Waals surface area contributed by atoms with Gasteiger partial charge in [0.1, 0.15) is 5.82 Å². The lowest BCUT2D eigenvalue weighted by Crippen LogP contribution is -2.48. The Labute approximate surface area is 179 Å². The van der Waals surface area contributed by atoms with Crippen molar-refractivity contribution in [2.24, 2.45) is 0 Å². The van der Waals surface area contributed by atoms with Gasteiger partial charge in [-0.2, -0.15) is 13.2 Å². The fraction of sp³-hybridized carbons (Fsp3) is 0.647. The Balaban J connectivity index is 0.00000196. The van der Waals surface area contributed by atoms with Gasteiger partial charge in [0.2, 0.25) is 5.91 Å². The van der Waals surface area contributed by atoms with Gasteiger partial charge in [0, 0.05) is 44.3 Å². The SMILES string of the molecule is CN(C(=O)CCNc1ncc(C(F)(F)F)cc1Cl)C1CC2CCC(C1)N2.Cl.Cl. The summed E-state index contributed by atoms with van der Waals surface area (Å²) in [5, 5.41) is 6.27. The van der Waals surface area contributed by atoms with Crippen molar-refractivity contribution in [2.45, 2.75) is 56.4 Å². The van der Waals surface area contributed by atoms with Crippen LogP contribution in [-0.4, -0.2) is 47.5 Å². The molecular formula is C17H24Cl3F3N4O. The van der Waals surface area contributed by atoms with E-state index in [0.717, 1.165) is 25.1 Å². The molecule has 2 aliphatic heterocycles. The van der Waals surface area contributed by atoms with E-state index in [2.05, 4.69) is 15.6 Å². The molecule has 1 amide bonds. The van der Waals surface area contributed by atoms with Crippen LogP contribution in [0.25, 0.3) is 0 Å². The minimum absolute atomic E-state index is 0. The molecule has 5 nitrogen and oxygen atoms in total. The summed E-state index contributed by atoms with van der Waals surface area (Å²) in [6.45, 7) is 0.263. The van der Waals surface area contributed by atoms with Gasteiger partial charge in [-0.3, -0.25) is 4.79 Å². The largest absolute Gasteiger partial charge is 0.417 e. The first-order valence-electron chi connectivity index (χ1n) is 8.72. The lowest BCUT2D eigenvalue weighted by Gasteiger charge is -2.35.